The average molecular weight is 340 g/mol. The lowest BCUT2D eigenvalue weighted by molar-refractivity contribution is 0.0910. The summed E-state index contributed by atoms with van der Waals surface area (Å²) in [4.78, 5) is 14.1. The zero-order valence-corrected chi connectivity index (χ0v) is 12.5. The first kappa shape index (κ1) is 14.9. The van der Waals surface area contributed by atoms with E-state index < -0.39 is 5.82 Å². The molecule has 0 aromatic heterocycles. The highest BCUT2D eigenvalue weighted by atomic mass is 79.9. The first-order valence-electron chi connectivity index (χ1n) is 6.46. The summed E-state index contributed by atoms with van der Waals surface area (Å²) in [6.45, 7) is 1.97. The number of carbonyl (C=O) groups is 1. The third-order valence-corrected chi connectivity index (χ3v) is 4.03. The van der Waals surface area contributed by atoms with Crippen molar-refractivity contribution >= 4 is 21.8 Å². The van der Waals surface area contributed by atoms with Gasteiger partial charge in [0.25, 0.3) is 5.91 Å². The van der Waals surface area contributed by atoms with Crippen LogP contribution >= 0.6 is 15.9 Å². The van der Waals surface area contributed by atoms with Crippen LogP contribution in [0.1, 0.15) is 23.2 Å². The summed E-state index contributed by atoms with van der Waals surface area (Å²) in [6.07, 6.45) is 1.56. The number of likely N-dealkylation sites (tertiary alicyclic amines) is 1. The Morgan fingerprint density at radius 2 is 2.20 bits per heavy atom. The molecule has 1 aromatic rings. The number of benzene rings is 1. The van der Waals surface area contributed by atoms with Crippen LogP contribution < -0.4 is 5.32 Å². The minimum atomic E-state index is -0.535. The summed E-state index contributed by atoms with van der Waals surface area (Å²) in [7, 11) is 0. The van der Waals surface area contributed by atoms with Gasteiger partial charge >= 0.3 is 0 Å². The Bertz CT molecular complexity index is 536. The second kappa shape index (κ2) is 6.82. The van der Waals surface area contributed by atoms with E-state index in [1.807, 2.05) is 4.90 Å². The van der Waals surface area contributed by atoms with E-state index in [9.17, 15) is 9.18 Å². The van der Waals surface area contributed by atoms with Crippen molar-refractivity contribution in [1.29, 1.82) is 5.26 Å². The summed E-state index contributed by atoms with van der Waals surface area (Å²) in [5.74, 6) is -0.922. The van der Waals surface area contributed by atoms with Gasteiger partial charge in [-0.05, 0) is 40.9 Å². The van der Waals surface area contributed by atoms with Gasteiger partial charge in [-0.2, -0.15) is 5.26 Å². The molecule has 106 valence electrons. The number of nitriles is 1. The molecule has 1 amide bonds. The van der Waals surface area contributed by atoms with Gasteiger partial charge < -0.3 is 5.32 Å². The fraction of sp³-hybridized carbons (Fsp3) is 0.429. The van der Waals surface area contributed by atoms with E-state index in [1.54, 1.807) is 12.1 Å². The summed E-state index contributed by atoms with van der Waals surface area (Å²) in [5.41, 5.74) is 0.0545. The van der Waals surface area contributed by atoms with Gasteiger partial charge in [-0.1, -0.05) is 6.07 Å². The first-order valence-corrected chi connectivity index (χ1v) is 7.25. The van der Waals surface area contributed by atoms with Gasteiger partial charge in [0, 0.05) is 19.1 Å². The van der Waals surface area contributed by atoms with Crippen molar-refractivity contribution in [2.45, 2.75) is 18.9 Å². The molecule has 1 aromatic carbocycles. The summed E-state index contributed by atoms with van der Waals surface area (Å²) < 4.78 is 14.1. The molecule has 0 radical (unpaired) electrons. The molecule has 6 heteroatoms. The lowest BCUT2D eigenvalue weighted by Gasteiger charge is -2.30. The maximum atomic E-state index is 13.8. The number of rotatable bonds is 3. The van der Waals surface area contributed by atoms with Gasteiger partial charge in [-0.25, -0.2) is 4.39 Å². The molecule has 1 aliphatic rings. The molecule has 1 heterocycles. The zero-order valence-electron chi connectivity index (χ0n) is 10.9. The molecule has 0 atom stereocenters. The van der Waals surface area contributed by atoms with Crippen LogP contribution in [0.4, 0.5) is 4.39 Å². The number of carbonyl (C=O) groups excluding carboxylic acids is 1. The van der Waals surface area contributed by atoms with Gasteiger partial charge in [0.1, 0.15) is 5.82 Å². The number of nitrogens with zero attached hydrogens (tertiary/aromatic N) is 2. The molecule has 0 saturated carbocycles. The Hall–Kier alpha value is -1.45. The molecule has 1 fully saturated rings. The maximum Gasteiger partial charge on any atom is 0.254 e. The molecular weight excluding hydrogens is 325 g/mol. The van der Waals surface area contributed by atoms with Crippen molar-refractivity contribution in [2.24, 2.45) is 0 Å². The quantitative estimate of drug-likeness (QED) is 0.859. The molecule has 0 bridgehead atoms. The van der Waals surface area contributed by atoms with Crippen molar-refractivity contribution < 1.29 is 9.18 Å². The van der Waals surface area contributed by atoms with E-state index in [0.29, 0.717) is 6.54 Å². The number of amides is 1. The number of hydrogen-bond acceptors (Lipinski definition) is 3. The van der Waals surface area contributed by atoms with Gasteiger partial charge in [0.2, 0.25) is 0 Å². The SMILES string of the molecule is N#CCN1CCC(NC(=O)c2cccc(Br)c2F)CC1. The van der Waals surface area contributed by atoms with Crippen LogP contribution in [0.5, 0.6) is 0 Å². The Kier molecular flexibility index (Phi) is 5.10. The molecule has 0 unspecified atom stereocenters. The normalized spacial score (nSPS) is 16.6. The van der Waals surface area contributed by atoms with Crippen molar-refractivity contribution in [2.75, 3.05) is 19.6 Å². The molecule has 2 rings (SSSR count). The molecule has 1 N–H and O–H groups in total. The van der Waals surface area contributed by atoms with Crippen molar-refractivity contribution in [3.8, 4) is 6.07 Å². The number of nitrogens with one attached hydrogen (secondary N) is 1. The van der Waals surface area contributed by atoms with Crippen LogP contribution in [-0.4, -0.2) is 36.5 Å². The van der Waals surface area contributed by atoms with Crippen LogP contribution in [0.25, 0.3) is 0 Å². The number of halogens is 2. The minimum Gasteiger partial charge on any atom is -0.349 e. The van der Waals surface area contributed by atoms with Crippen molar-refractivity contribution in [3.05, 3.63) is 34.1 Å². The summed E-state index contributed by atoms with van der Waals surface area (Å²) >= 11 is 3.07. The monoisotopic (exact) mass is 339 g/mol. The molecule has 0 spiro atoms. The van der Waals surface area contributed by atoms with E-state index in [4.69, 9.17) is 5.26 Å². The van der Waals surface area contributed by atoms with Crippen LogP contribution in [-0.2, 0) is 0 Å². The van der Waals surface area contributed by atoms with Gasteiger partial charge in [-0.15, -0.1) is 0 Å². The van der Waals surface area contributed by atoms with Crippen molar-refractivity contribution in [1.82, 2.24) is 10.2 Å². The molecule has 0 aliphatic carbocycles. The van der Waals surface area contributed by atoms with Gasteiger partial charge in [0.05, 0.1) is 22.7 Å². The molecule has 1 saturated heterocycles. The smallest absolute Gasteiger partial charge is 0.254 e. The van der Waals surface area contributed by atoms with Gasteiger partial charge in [-0.3, -0.25) is 9.69 Å². The Labute approximate surface area is 125 Å². The standard InChI is InChI=1S/C14H15BrFN3O/c15-12-3-1-2-11(13(12)16)14(20)18-10-4-7-19(8-5-10)9-6-17/h1-3,10H,4-5,7-9H2,(H,18,20). The predicted octanol–water partition coefficient (Wildman–Crippen LogP) is 2.31. The molecular formula is C14H15BrFN3O. The predicted molar refractivity (Wildman–Crippen MR) is 76.6 cm³/mol. The third-order valence-electron chi connectivity index (χ3n) is 3.41. The van der Waals surface area contributed by atoms with Crippen LogP contribution in [0, 0.1) is 17.1 Å². The number of piperidine rings is 1. The first-order chi connectivity index (χ1) is 9.61. The second-order valence-corrected chi connectivity index (χ2v) is 5.64. The second-order valence-electron chi connectivity index (χ2n) is 4.78. The fourth-order valence-corrected chi connectivity index (χ4v) is 2.64. The average Bonchev–Trinajstić information content (AvgIpc) is 2.44. The summed E-state index contributed by atoms with van der Waals surface area (Å²) in [5, 5.41) is 11.5. The van der Waals surface area contributed by atoms with Crippen LogP contribution in [0.2, 0.25) is 0 Å². The van der Waals surface area contributed by atoms with E-state index in [2.05, 4.69) is 27.3 Å². The zero-order chi connectivity index (χ0) is 14.5. The maximum absolute atomic E-state index is 13.8. The number of hydrogen-bond donors (Lipinski definition) is 1. The molecule has 4 nitrogen and oxygen atoms in total. The van der Waals surface area contributed by atoms with Crippen LogP contribution in [0.3, 0.4) is 0 Å². The Balaban J connectivity index is 1.93. The van der Waals surface area contributed by atoms with Crippen LogP contribution in [0.15, 0.2) is 22.7 Å². The van der Waals surface area contributed by atoms with Crippen molar-refractivity contribution in [3.63, 3.8) is 0 Å². The lowest BCUT2D eigenvalue weighted by atomic mass is 10.0. The largest absolute Gasteiger partial charge is 0.349 e. The third kappa shape index (κ3) is 3.56. The molecule has 20 heavy (non-hydrogen) atoms. The minimum absolute atomic E-state index is 0.0378. The highest BCUT2D eigenvalue weighted by Gasteiger charge is 2.22. The Morgan fingerprint density at radius 1 is 1.50 bits per heavy atom. The van der Waals surface area contributed by atoms with E-state index in [1.165, 1.54) is 6.07 Å². The van der Waals surface area contributed by atoms with E-state index >= 15 is 0 Å². The summed E-state index contributed by atoms with van der Waals surface area (Å²) in [6, 6.07) is 6.83. The van der Waals surface area contributed by atoms with E-state index in [0.717, 1.165) is 25.9 Å². The van der Waals surface area contributed by atoms with E-state index in [-0.39, 0.29) is 22.0 Å². The highest BCUT2D eigenvalue weighted by Crippen LogP contribution is 2.19. The lowest BCUT2D eigenvalue weighted by Crippen LogP contribution is -2.44. The topological polar surface area (TPSA) is 56.1 Å². The van der Waals surface area contributed by atoms with Gasteiger partial charge in [0.15, 0.2) is 0 Å². The highest BCUT2D eigenvalue weighted by molar-refractivity contribution is 9.10. The Morgan fingerprint density at radius 3 is 2.85 bits per heavy atom. The fourth-order valence-electron chi connectivity index (χ4n) is 2.28. The molecule has 1 aliphatic heterocycles.